The molecule has 2 aromatic rings. The van der Waals surface area contributed by atoms with Crippen LogP contribution in [-0.4, -0.2) is 12.9 Å². The lowest BCUT2D eigenvalue weighted by atomic mass is 10.1. The van der Waals surface area contributed by atoms with E-state index >= 15 is 0 Å². The highest BCUT2D eigenvalue weighted by Gasteiger charge is 2.08. The zero-order valence-corrected chi connectivity index (χ0v) is 12.1. The van der Waals surface area contributed by atoms with E-state index in [0.29, 0.717) is 4.88 Å². The molecule has 0 amide bonds. The maximum Gasteiger partial charge on any atom is 0.196 e. The van der Waals surface area contributed by atoms with Crippen LogP contribution in [0.1, 0.15) is 15.2 Å². The first kappa shape index (κ1) is 13.1. The molecule has 2 rings (SSSR count). The fourth-order valence-electron chi connectivity index (χ4n) is 1.51. The van der Waals surface area contributed by atoms with Crippen LogP contribution in [0.15, 0.2) is 46.3 Å². The molecule has 18 heavy (non-hydrogen) atoms. The smallest absolute Gasteiger partial charge is 0.196 e. The summed E-state index contributed by atoms with van der Waals surface area (Å²) < 4.78 is 6.06. The summed E-state index contributed by atoms with van der Waals surface area (Å²) in [6.07, 6.45) is 3.34. The second-order valence-electron chi connectivity index (χ2n) is 3.54. The molecule has 1 aromatic heterocycles. The van der Waals surface area contributed by atoms with Crippen LogP contribution in [0.25, 0.3) is 6.08 Å². The Hall–Kier alpha value is -1.39. The topological polar surface area (TPSA) is 26.3 Å². The highest BCUT2D eigenvalue weighted by molar-refractivity contribution is 9.10. The maximum atomic E-state index is 12.0. The van der Waals surface area contributed by atoms with Gasteiger partial charge in [0.25, 0.3) is 0 Å². The highest BCUT2D eigenvalue weighted by Crippen LogP contribution is 2.24. The van der Waals surface area contributed by atoms with Gasteiger partial charge in [-0.05, 0) is 45.6 Å². The Labute approximate surface area is 118 Å². The molecular formula is C14H11BrO2S. The third-order valence-corrected chi connectivity index (χ3v) is 4.25. The molecule has 0 N–H and O–H groups in total. The molecule has 0 radical (unpaired) electrons. The molecule has 4 heteroatoms. The Morgan fingerprint density at radius 1 is 1.33 bits per heavy atom. The van der Waals surface area contributed by atoms with Crippen molar-refractivity contribution in [3.05, 3.63) is 56.7 Å². The van der Waals surface area contributed by atoms with Crippen LogP contribution < -0.4 is 4.74 Å². The van der Waals surface area contributed by atoms with Gasteiger partial charge in [0.15, 0.2) is 5.78 Å². The molecule has 0 fully saturated rings. The van der Waals surface area contributed by atoms with Gasteiger partial charge < -0.3 is 4.74 Å². The van der Waals surface area contributed by atoms with Gasteiger partial charge in [0.05, 0.1) is 12.0 Å². The Bertz CT molecular complexity index is 587. The van der Waals surface area contributed by atoms with Crippen LogP contribution >= 0.6 is 27.3 Å². The van der Waals surface area contributed by atoms with Gasteiger partial charge in [0.2, 0.25) is 0 Å². The molecule has 0 saturated heterocycles. The Morgan fingerprint density at radius 3 is 2.78 bits per heavy atom. The quantitative estimate of drug-likeness (QED) is 0.615. The predicted octanol–water partition coefficient (Wildman–Crippen LogP) is 4.42. The zero-order chi connectivity index (χ0) is 13.0. The van der Waals surface area contributed by atoms with Crippen molar-refractivity contribution >= 4 is 39.1 Å². The second kappa shape index (κ2) is 5.98. The van der Waals surface area contributed by atoms with E-state index in [4.69, 9.17) is 4.74 Å². The van der Waals surface area contributed by atoms with Crippen molar-refractivity contribution in [1.29, 1.82) is 0 Å². The van der Waals surface area contributed by atoms with E-state index in [1.807, 2.05) is 35.7 Å². The van der Waals surface area contributed by atoms with E-state index in [2.05, 4.69) is 15.9 Å². The highest BCUT2D eigenvalue weighted by atomic mass is 79.9. The standard InChI is InChI=1S/C14H11BrO2S/c1-17-13-5-3-2-4-10(13)6-7-12(16)14-11(15)8-9-18-14/h2-9H,1H3/b7-6+. The van der Waals surface area contributed by atoms with E-state index in [0.717, 1.165) is 15.8 Å². The van der Waals surface area contributed by atoms with Gasteiger partial charge in [-0.1, -0.05) is 18.2 Å². The minimum absolute atomic E-state index is 0.0113. The number of benzene rings is 1. The normalized spacial score (nSPS) is 10.8. The molecule has 0 atom stereocenters. The number of halogens is 1. The van der Waals surface area contributed by atoms with Crippen molar-refractivity contribution in [2.24, 2.45) is 0 Å². The summed E-state index contributed by atoms with van der Waals surface area (Å²) in [5, 5.41) is 1.88. The van der Waals surface area contributed by atoms with Gasteiger partial charge in [-0.25, -0.2) is 0 Å². The number of rotatable bonds is 4. The zero-order valence-electron chi connectivity index (χ0n) is 9.72. The molecule has 0 aliphatic heterocycles. The minimum atomic E-state index is -0.0113. The third-order valence-electron chi connectivity index (χ3n) is 2.39. The van der Waals surface area contributed by atoms with Crippen molar-refractivity contribution in [3.8, 4) is 5.75 Å². The molecule has 0 bridgehead atoms. The monoisotopic (exact) mass is 322 g/mol. The van der Waals surface area contributed by atoms with Crippen LogP contribution in [0.4, 0.5) is 0 Å². The van der Waals surface area contributed by atoms with Crippen molar-refractivity contribution in [1.82, 2.24) is 0 Å². The number of ether oxygens (including phenoxy) is 1. The number of allylic oxidation sites excluding steroid dienone is 1. The first-order valence-electron chi connectivity index (χ1n) is 5.31. The fourth-order valence-corrected chi connectivity index (χ4v) is 3.00. The minimum Gasteiger partial charge on any atom is -0.496 e. The van der Waals surface area contributed by atoms with Crippen molar-refractivity contribution < 1.29 is 9.53 Å². The number of methoxy groups -OCH3 is 1. The largest absolute Gasteiger partial charge is 0.496 e. The summed E-state index contributed by atoms with van der Waals surface area (Å²) in [5.74, 6) is 0.745. The van der Waals surface area contributed by atoms with Crippen molar-refractivity contribution in [3.63, 3.8) is 0 Å². The molecule has 1 aromatic carbocycles. The Kier molecular flexibility index (Phi) is 4.33. The second-order valence-corrected chi connectivity index (χ2v) is 5.31. The molecule has 1 heterocycles. The summed E-state index contributed by atoms with van der Waals surface area (Å²) in [6, 6.07) is 9.45. The van der Waals surface area contributed by atoms with E-state index in [9.17, 15) is 4.79 Å². The summed E-state index contributed by atoms with van der Waals surface area (Å²) in [7, 11) is 1.62. The molecule has 0 saturated carbocycles. The molecule has 0 spiro atoms. The number of carbonyl (C=O) groups is 1. The lowest BCUT2D eigenvalue weighted by Crippen LogP contribution is -1.91. The van der Waals surface area contributed by atoms with Gasteiger partial charge >= 0.3 is 0 Å². The van der Waals surface area contributed by atoms with Crippen LogP contribution in [0.3, 0.4) is 0 Å². The number of thiophene rings is 1. The molecule has 2 nitrogen and oxygen atoms in total. The van der Waals surface area contributed by atoms with Gasteiger partial charge in [-0.3, -0.25) is 4.79 Å². The number of para-hydroxylation sites is 1. The summed E-state index contributed by atoms with van der Waals surface area (Å²) >= 11 is 4.78. The molecule has 0 aliphatic carbocycles. The van der Waals surface area contributed by atoms with Crippen molar-refractivity contribution in [2.75, 3.05) is 7.11 Å². The average molecular weight is 323 g/mol. The Morgan fingerprint density at radius 2 is 2.11 bits per heavy atom. The summed E-state index contributed by atoms with van der Waals surface area (Å²) in [4.78, 5) is 12.7. The molecular weight excluding hydrogens is 312 g/mol. The van der Waals surface area contributed by atoms with Crippen molar-refractivity contribution in [2.45, 2.75) is 0 Å². The lowest BCUT2D eigenvalue weighted by Gasteiger charge is -2.02. The van der Waals surface area contributed by atoms with E-state index < -0.39 is 0 Å². The van der Waals surface area contributed by atoms with Gasteiger partial charge in [-0.15, -0.1) is 11.3 Å². The maximum absolute atomic E-state index is 12.0. The summed E-state index contributed by atoms with van der Waals surface area (Å²) in [6.45, 7) is 0. The van der Waals surface area contributed by atoms with E-state index in [-0.39, 0.29) is 5.78 Å². The third kappa shape index (κ3) is 2.89. The molecule has 0 unspecified atom stereocenters. The predicted molar refractivity (Wildman–Crippen MR) is 78.4 cm³/mol. The Balaban J connectivity index is 2.21. The molecule has 0 aliphatic rings. The SMILES string of the molecule is COc1ccccc1/C=C/C(=O)c1sccc1Br. The van der Waals surface area contributed by atoms with Crippen LogP contribution in [0, 0.1) is 0 Å². The van der Waals surface area contributed by atoms with Crippen LogP contribution in [0.2, 0.25) is 0 Å². The number of hydrogen-bond acceptors (Lipinski definition) is 3. The lowest BCUT2D eigenvalue weighted by molar-refractivity contribution is 0.105. The van der Waals surface area contributed by atoms with E-state index in [1.54, 1.807) is 19.3 Å². The van der Waals surface area contributed by atoms with Crippen LogP contribution in [0.5, 0.6) is 5.75 Å². The fraction of sp³-hybridized carbons (Fsp3) is 0.0714. The van der Waals surface area contributed by atoms with E-state index in [1.165, 1.54) is 11.3 Å². The van der Waals surface area contributed by atoms with Gasteiger partial charge in [0, 0.05) is 10.0 Å². The number of carbonyl (C=O) groups excluding carboxylic acids is 1. The number of ketones is 1. The summed E-state index contributed by atoms with van der Waals surface area (Å²) in [5.41, 5.74) is 0.890. The first-order chi connectivity index (χ1) is 8.72. The number of hydrogen-bond donors (Lipinski definition) is 0. The van der Waals surface area contributed by atoms with Gasteiger partial charge in [0.1, 0.15) is 5.75 Å². The van der Waals surface area contributed by atoms with Crippen LogP contribution in [-0.2, 0) is 0 Å². The average Bonchev–Trinajstić information content (AvgIpc) is 2.82. The first-order valence-corrected chi connectivity index (χ1v) is 6.98. The van der Waals surface area contributed by atoms with Gasteiger partial charge in [-0.2, -0.15) is 0 Å². The molecule has 92 valence electrons.